The maximum atomic E-state index is 12.9. The summed E-state index contributed by atoms with van der Waals surface area (Å²) >= 11 is 1.42. The number of hydrogen-bond donors (Lipinski definition) is 0. The van der Waals surface area contributed by atoms with Gasteiger partial charge in [0.15, 0.2) is 5.17 Å². The Kier molecular flexibility index (Phi) is 7.76. The van der Waals surface area contributed by atoms with Crippen molar-refractivity contribution in [1.29, 1.82) is 0 Å². The van der Waals surface area contributed by atoms with Crippen molar-refractivity contribution in [3.8, 4) is 22.7 Å². The Bertz CT molecular complexity index is 1290. The molecule has 1 aromatic heterocycles. The van der Waals surface area contributed by atoms with Crippen LogP contribution in [0, 0.1) is 0 Å². The number of unbranched alkanes of at least 4 members (excludes halogenated alkanes) is 1. The number of nitrogens with zero attached hydrogens (tertiary/aromatic N) is 4. The van der Waals surface area contributed by atoms with Gasteiger partial charge >= 0.3 is 0 Å². The van der Waals surface area contributed by atoms with Crippen molar-refractivity contribution >= 4 is 28.9 Å². The Morgan fingerprint density at radius 1 is 1.08 bits per heavy atom. The van der Waals surface area contributed by atoms with Crippen molar-refractivity contribution in [3.05, 3.63) is 71.3 Å². The highest BCUT2D eigenvalue weighted by atomic mass is 32.2. The van der Waals surface area contributed by atoms with Gasteiger partial charge in [-0.25, -0.2) is 4.68 Å². The van der Waals surface area contributed by atoms with Gasteiger partial charge in [-0.05, 0) is 74.5 Å². The van der Waals surface area contributed by atoms with Crippen molar-refractivity contribution in [1.82, 2.24) is 14.7 Å². The molecule has 1 amide bonds. The van der Waals surface area contributed by atoms with Crippen LogP contribution in [0.1, 0.15) is 39.2 Å². The van der Waals surface area contributed by atoms with Gasteiger partial charge in [-0.15, -0.1) is 0 Å². The Balaban J connectivity index is 1.44. The number of carbonyl (C=O) groups excluding carboxylic acids is 1. The molecule has 0 N–H and O–H groups in total. The van der Waals surface area contributed by atoms with Gasteiger partial charge in [-0.1, -0.05) is 31.5 Å². The van der Waals surface area contributed by atoms with Gasteiger partial charge in [-0.2, -0.15) is 10.1 Å². The van der Waals surface area contributed by atoms with Crippen molar-refractivity contribution < 1.29 is 14.3 Å². The second-order valence-electron chi connectivity index (χ2n) is 9.41. The number of amides is 1. The molecule has 0 radical (unpaired) electrons. The van der Waals surface area contributed by atoms with Crippen LogP contribution in [0.25, 0.3) is 23.0 Å². The lowest BCUT2D eigenvalue weighted by atomic mass is 10.1. The molecule has 0 bridgehead atoms. The maximum Gasteiger partial charge on any atom is 0.286 e. The first-order chi connectivity index (χ1) is 18.0. The number of para-hydroxylation sites is 1. The molecular formula is C29H32N4O3S. The monoisotopic (exact) mass is 516 g/mol. The number of ether oxygens (including phenoxy) is 2. The maximum absolute atomic E-state index is 12.9. The molecule has 0 aliphatic carbocycles. The molecule has 2 aliphatic rings. The molecule has 2 atom stereocenters. The van der Waals surface area contributed by atoms with E-state index in [1.807, 2.05) is 85.4 Å². The van der Waals surface area contributed by atoms with Crippen LogP contribution in [0.5, 0.6) is 5.75 Å². The molecule has 0 saturated carbocycles. The fourth-order valence-electron chi connectivity index (χ4n) is 4.48. The minimum absolute atomic E-state index is 0.0970. The summed E-state index contributed by atoms with van der Waals surface area (Å²) in [7, 11) is 0. The number of amidine groups is 1. The molecule has 3 heterocycles. The first-order valence-corrected chi connectivity index (χ1v) is 13.6. The zero-order valence-corrected chi connectivity index (χ0v) is 22.3. The SMILES string of the molecule is CCCCOc1ccc(-c2nn(-c3ccccc3)cc2/C=C2/SC(N3C[C@@H](C)O[C@H](C)C3)=NC2=O)cc1. The van der Waals surface area contributed by atoms with Crippen molar-refractivity contribution in [3.63, 3.8) is 0 Å². The topological polar surface area (TPSA) is 68.9 Å². The van der Waals surface area contributed by atoms with E-state index in [4.69, 9.17) is 14.6 Å². The lowest BCUT2D eigenvalue weighted by Crippen LogP contribution is -2.47. The molecule has 0 spiro atoms. The van der Waals surface area contributed by atoms with Gasteiger partial charge < -0.3 is 14.4 Å². The van der Waals surface area contributed by atoms with Crippen LogP contribution in [0.3, 0.4) is 0 Å². The number of hydrogen-bond acceptors (Lipinski definition) is 6. The molecular weight excluding hydrogens is 484 g/mol. The second kappa shape index (κ2) is 11.4. The summed E-state index contributed by atoms with van der Waals surface area (Å²) in [6, 6.07) is 17.9. The standard InChI is InChI=1S/C29H32N4O3S/c1-4-5-15-35-25-13-11-22(12-14-25)27-23(19-33(31-27)24-9-7-6-8-10-24)16-26-28(34)30-29(37-26)32-17-20(2)36-21(3)18-32/h6-14,16,19-21H,4-5,15,17-18H2,1-3H3/b26-16+/t20-,21-/m1/s1. The van der Waals surface area contributed by atoms with E-state index in [1.54, 1.807) is 0 Å². The molecule has 1 saturated heterocycles. The highest BCUT2D eigenvalue weighted by Crippen LogP contribution is 2.34. The van der Waals surface area contributed by atoms with E-state index >= 15 is 0 Å². The van der Waals surface area contributed by atoms with Crippen LogP contribution in [-0.4, -0.2) is 57.7 Å². The minimum atomic E-state index is -0.218. The largest absolute Gasteiger partial charge is 0.494 e. The third-order valence-corrected chi connectivity index (χ3v) is 7.29. The summed E-state index contributed by atoms with van der Waals surface area (Å²) in [5.41, 5.74) is 3.56. The summed E-state index contributed by atoms with van der Waals surface area (Å²) in [5.74, 6) is 0.623. The number of aliphatic imine (C=N–C) groups is 1. The zero-order valence-electron chi connectivity index (χ0n) is 21.5. The number of carbonyl (C=O) groups is 1. The van der Waals surface area contributed by atoms with Crippen molar-refractivity contribution in [2.24, 2.45) is 4.99 Å². The van der Waals surface area contributed by atoms with Gasteiger partial charge in [0.05, 0.1) is 35.1 Å². The second-order valence-corrected chi connectivity index (χ2v) is 10.4. The first kappa shape index (κ1) is 25.3. The predicted molar refractivity (Wildman–Crippen MR) is 149 cm³/mol. The molecule has 192 valence electrons. The molecule has 2 aliphatic heterocycles. The summed E-state index contributed by atoms with van der Waals surface area (Å²) in [6.07, 6.45) is 6.19. The molecule has 37 heavy (non-hydrogen) atoms. The zero-order chi connectivity index (χ0) is 25.8. The third kappa shape index (κ3) is 5.97. The van der Waals surface area contributed by atoms with Crippen LogP contribution in [0.15, 0.2) is 70.7 Å². The number of rotatable bonds is 7. The van der Waals surface area contributed by atoms with Crippen molar-refractivity contribution in [2.45, 2.75) is 45.8 Å². The molecule has 1 fully saturated rings. The highest BCUT2D eigenvalue weighted by molar-refractivity contribution is 8.18. The van der Waals surface area contributed by atoms with Gasteiger partial charge in [0.2, 0.25) is 0 Å². The lowest BCUT2D eigenvalue weighted by Gasteiger charge is -2.35. The normalized spacial score (nSPS) is 20.9. The van der Waals surface area contributed by atoms with Crippen LogP contribution in [0.4, 0.5) is 0 Å². The Morgan fingerprint density at radius 3 is 2.51 bits per heavy atom. The number of benzene rings is 2. The van der Waals surface area contributed by atoms with E-state index in [2.05, 4.69) is 16.8 Å². The van der Waals surface area contributed by atoms with E-state index in [9.17, 15) is 4.79 Å². The van der Waals surface area contributed by atoms with Crippen LogP contribution >= 0.6 is 11.8 Å². The average molecular weight is 517 g/mol. The van der Waals surface area contributed by atoms with Crippen LogP contribution in [0.2, 0.25) is 0 Å². The summed E-state index contributed by atoms with van der Waals surface area (Å²) in [4.78, 5) is 20.0. The quantitative estimate of drug-likeness (QED) is 0.292. The molecule has 2 aromatic carbocycles. The molecule has 7 nitrogen and oxygen atoms in total. The molecule has 8 heteroatoms. The smallest absolute Gasteiger partial charge is 0.286 e. The Morgan fingerprint density at radius 2 is 1.81 bits per heavy atom. The van der Waals surface area contributed by atoms with Crippen LogP contribution in [-0.2, 0) is 9.53 Å². The Hall–Kier alpha value is -3.36. The number of morpholine rings is 1. The lowest BCUT2D eigenvalue weighted by molar-refractivity contribution is -0.113. The first-order valence-electron chi connectivity index (χ1n) is 12.8. The Labute approximate surface area is 222 Å². The molecule has 3 aromatic rings. The van der Waals surface area contributed by atoms with E-state index in [0.717, 1.165) is 59.4 Å². The van der Waals surface area contributed by atoms with Crippen LogP contribution < -0.4 is 4.74 Å². The average Bonchev–Trinajstić information content (AvgIpc) is 3.48. The fourth-order valence-corrected chi connectivity index (χ4v) is 5.40. The predicted octanol–water partition coefficient (Wildman–Crippen LogP) is 5.80. The third-order valence-electron chi connectivity index (χ3n) is 6.24. The van der Waals surface area contributed by atoms with Gasteiger partial charge in [-0.3, -0.25) is 4.79 Å². The number of thioether (sulfide) groups is 1. The molecule has 0 unspecified atom stereocenters. The van der Waals surface area contributed by atoms with Gasteiger partial charge in [0.25, 0.3) is 5.91 Å². The summed E-state index contributed by atoms with van der Waals surface area (Å²) in [6.45, 7) is 8.39. The number of aromatic nitrogens is 2. The van der Waals surface area contributed by atoms with E-state index < -0.39 is 0 Å². The van der Waals surface area contributed by atoms with E-state index in [1.165, 1.54) is 11.8 Å². The summed E-state index contributed by atoms with van der Waals surface area (Å²) in [5, 5.41) is 5.64. The van der Waals surface area contributed by atoms with E-state index in [-0.39, 0.29) is 18.1 Å². The highest BCUT2D eigenvalue weighted by Gasteiger charge is 2.31. The molecule has 5 rings (SSSR count). The fraction of sp³-hybridized carbons (Fsp3) is 0.345. The summed E-state index contributed by atoms with van der Waals surface area (Å²) < 4.78 is 13.5. The van der Waals surface area contributed by atoms with Gasteiger partial charge in [0.1, 0.15) is 5.75 Å². The van der Waals surface area contributed by atoms with E-state index in [0.29, 0.717) is 11.5 Å². The van der Waals surface area contributed by atoms with Gasteiger partial charge in [0, 0.05) is 30.4 Å². The van der Waals surface area contributed by atoms with Crippen molar-refractivity contribution in [2.75, 3.05) is 19.7 Å². The minimum Gasteiger partial charge on any atom is -0.494 e.